The lowest BCUT2D eigenvalue weighted by molar-refractivity contribution is 0.0931. The standard InChI is InChI=1S/C15H16ClN3O3S/c1-19-14(15(20)17-12-5-6-23(21,22)9-12)8-13(18-19)10-3-2-4-11(16)7-10/h2-4,7-8,12H,5-6,9H2,1H3,(H,17,20). The lowest BCUT2D eigenvalue weighted by Gasteiger charge is -2.10. The highest BCUT2D eigenvalue weighted by atomic mass is 35.5. The molecule has 122 valence electrons. The number of aryl methyl sites for hydroxylation is 1. The van der Waals surface area contributed by atoms with Crippen molar-refractivity contribution in [1.82, 2.24) is 15.1 Å². The smallest absolute Gasteiger partial charge is 0.269 e. The number of sulfone groups is 1. The molecular weight excluding hydrogens is 338 g/mol. The molecule has 1 aromatic carbocycles. The average Bonchev–Trinajstić information content (AvgIpc) is 3.01. The number of nitrogens with zero attached hydrogens (tertiary/aromatic N) is 2. The maximum Gasteiger partial charge on any atom is 0.269 e. The third-order valence-corrected chi connectivity index (χ3v) is 5.80. The molecule has 1 aliphatic rings. The molecule has 1 fully saturated rings. The molecular formula is C15H16ClN3O3S. The number of benzene rings is 1. The number of aromatic nitrogens is 2. The van der Waals surface area contributed by atoms with E-state index in [-0.39, 0.29) is 23.5 Å². The van der Waals surface area contributed by atoms with Gasteiger partial charge in [-0.2, -0.15) is 5.10 Å². The fourth-order valence-corrected chi connectivity index (χ4v) is 4.50. The minimum absolute atomic E-state index is 0.00224. The van der Waals surface area contributed by atoms with Gasteiger partial charge in [0.05, 0.1) is 17.2 Å². The summed E-state index contributed by atoms with van der Waals surface area (Å²) in [5.74, 6) is -0.204. The van der Waals surface area contributed by atoms with Crippen LogP contribution in [0.15, 0.2) is 30.3 Å². The fraction of sp³-hybridized carbons (Fsp3) is 0.333. The number of carbonyl (C=O) groups excluding carboxylic acids is 1. The first-order chi connectivity index (χ1) is 10.8. The molecule has 1 aromatic heterocycles. The van der Waals surface area contributed by atoms with Gasteiger partial charge in [0, 0.05) is 23.7 Å². The van der Waals surface area contributed by atoms with Crippen LogP contribution < -0.4 is 5.32 Å². The molecule has 0 saturated carbocycles. The minimum Gasteiger partial charge on any atom is -0.347 e. The second kappa shape index (κ2) is 5.98. The number of hydrogen-bond acceptors (Lipinski definition) is 4. The highest BCUT2D eigenvalue weighted by Gasteiger charge is 2.29. The lowest BCUT2D eigenvalue weighted by Crippen LogP contribution is -2.36. The van der Waals surface area contributed by atoms with E-state index in [0.717, 1.165) is 5.56 Å². The van der Waals surface area contributed by atoms with Crippen molar-refractivity contribution in [2.45, 2.75) is 12.5 Å². The molecule has 1 saturated heterocycles. The molecule has 2 heterocycles. The van der Waals surface area contributed by atoms with Gasteiger partial charge in [0.2, 0.25) is 0 Å². The first kappa shape index (κ1) is 16.0. The van der Waals surface area contributed by atoms with E-state index in [4.69, 9.17) is 11.6 Å². The van der Waals surface area contributed by atoms with Crippen LogP contribution in [0.25, 0.3) is 11.3 Å². The topological polar surface area (TPSA) is 81.1 Å². The third kappa shape index (κ3) is 3.56. The summed E-state index contributed by atoms with van der Waals surface area (Å²) in [5, 5.41) is 7.68. The summed E-state index contributed by atoms with van der Waals surface area (Å²) >= 11 is 5.97. The molecule has 3 rings (SSSR count). The highest BCUT2D eigenvalue weighted by molar-refractivity contribution is 7.91. The first-order valence-corrected chi connectivity index (χ1v) is 9.35. The van der Waals surface area contributed by atoms with Crippen LogP contribution in [-0.4, -0.2) is 41.7 Å². The molecule has 1 N–H and O–H groups in total. The van der Waals surface area contributed by atoms with Gasteiger partial charge in [0.1, 0.15) is 5.69 Å². The van der Waals surface area contributed by atoms with E-state index in [1.54, 1.807) is 25.2 Å². The second-order valence-electron chi connectivity index (χ2n) is 5.62. The summed E-state index contributed by atoms with van der Waals surface area (Å²) in [6.07, 6.45) is 0.451. The molecule has 1 atom stereocenters. The van der Waals surface area contributed by atoms with Crippen LogP contribution in [-0.2, 0) is 16.9 Å². The molecule has 23 heavy (non-hydrogen) atoms. The Labute approximate surface area is 139 Å². The minimum atomic E-state index is -3.03. The van der Waals surface area contributed by atoms with E-state index in [9.17, 15) is 13.2 Å². The largest absolute Gasteiger partial charge is 0.347 e. The normalized spacial score (nSPS) is 19.7. The van der Waals surface area contributed by atoms with Gasteiger partial charge in [-0.3, -0.25) is 9.48 Å². The third-order valence-electron chi connectivity index (χ3n) is 3.80. The van der Waals surface area contributed by atoms with Crippen LogP contribution in [0, 0.1) is 0 Å². The summed E-state index contributed by atoms with van der Waals surface area (Å²) in [5.41, 5.74) is 1.83. The zero-order valence-corrected chi connectivity index (χ0v) is 14.1. The molecule has 0 spiro atoms. The van der Waals surface area contributed by atoms with E-state index < -0.39 is 9.84 Å². The van der Waals surface area contributed by atoms with Crippen molar-refractivity contribution < 1.29 is 13.2 Å². The van der Waals surface area contributed by atoms with Crippen molar-refractivity contribution in [1.29, 1.82) is 0 Å². The molecule has 1 unspecified atom stereocenters. The molecule has 0 radical (unpaired) electrons. The van der Waals surface area contributed by atoms with Gasteiger partial charge in [-0.05, 0) is 24.6 Å². The molecule has 0 bridgehead atoms. The Balaban J connectivity index is 1.79. The van der Waals surface area contributed by atoms with Crippen LogP contribution in [0.3, 0.4) is 0 Å². The molecule has 8 heteroatoms. The van der Waals surface area contributed by atoms with E-state index in [0.29, 0.717) is 22.8 Å². The number of hydrogen-bond donors (Lipinski definition) is 1. The quantitative estimate of drug-likeness (QED) is 0.909. The number of nitrogens with one attached hydrogen (secondary N) is 1. The van der Waals surface area contributed by atoms with Crippen LogP contribution in [0.4, 0.5) is 0 Å². The monoisotopic (exact) mass is 353 g/mol. The second-order valence-corrected chi connectivity index (χ2v) is 8.29. The Kier molecular flexibility index (Phi) is 4.16. The maximum absolute atomic E-state index is 12.4. The summed E-state index contributed by atoms with van der Waals surface area (Å²) < 4.78 is 24.4. The summed E-state index contributed by atoms with van der Waals surface area (Å²) in [6, 6.07) is 8.55. The molecule has 1 aliphatic heterocycles. The maximum atomic E-state index is 12.4. The zero-order valence-electron chi connectivity index (χ0n) is 12.5. The first-order valence-electron chi connectivity index (χ1n) is 7.15. The Morgan fingerprint density at radius 2 is 2.17 bits per heavy atom. The Hall–Kier alpha value is -1.86. The SMILES string of the molecule is Cn1nc(-c2cccc(Cl)c2)cc1C(=O)NC1CCS(=O)(=O)C1. The van der Waals surface area contributed by atoms with Gasteiger partial charge >= 0.3 is 0 Å². The molecule has 2 aromatic rings. The van der Waals surface area contributed by atoms with Crippen LogP contribution in [0.1, 0.15) is 16.9 Å². The van der Waals surface area contributed by atoms with Gasteiger partial charge in [-0.15, -0.1) is 0 Å². The van der Waals surface area contributed by atoms with Crippen molar-refractivity contribution in [2.24, 2.45) is 7.05 Å². The van der Waals surface area contributed by atoms with Crippen LogP contribution in [0.5, 0.6) is 0 Å². The summed E-state index contributed by atoms with van der Waals surface area (Å²) in [4.78, 5) is 12.4. The Morgan fingerprint density at radius 1 is 1.39 bits per heavy atom. The van der Waals surface area contributed by atoms with Gasteiger partial charge in [0.15, 0.2) is 9.84 Å². The molecule has 6 nitrogen and oxygen atoms in total. The van der Waals surface area contributed by atoms with Gasteiger partial charge in [0.25, 0.3) is 5.91 Å². The van der Waals surface area contributed by atoms with Crippen LogP contribution >= 0.6 is 11.6 Å². The van der Waals surface area contributed by atoms with E-state index in [1.807, 2.05) is 12.1 Å². The predicted octanol–water partition coefficient (Wildman–Crippen LogP) is 1.66. The van der Waals surface area contributed by atoms with Crippen molar-refractivity contribution in [3.8, 4) is 11.3 Å². The zero-order chi connectivity index (χ0) is 16.6. The highest BCUT2D eigenvalue weighted by Crippen LogP contribution is 2.22. The van der Waals surface area contributed by atoms with Gasteiger partial charge in [-0.25, -0.2) is 8.42 Å². The van der Waals surface area contributed by atoms with E-state index in [2.05, 4.69) is 10.4 Å². The van der Waals surface area contributed by atoms with Gasteiger partial charge < -0.3 is 5.32 Å². The molecule has 1 amide bonds. The van der Waals surface area contributed by atoms with Gasteiger partial charge in [-0.1, -0.05) is 23.7 Å². The van der Waals surface area contributed by atoms with Crippen molar-refractivity contribution in [3.05, 3.63) is 41.0 Å². The van der Waals surface area contributed by atoms with E-state index >= 15 is 0 Å². The number of halogens is 1. The fourth-order valence-electron chi connectivity index (χ4n) is 2.64. The number of carbonyl (C=O) groups is 1. The predicted molar refractivity (Wildman–Crippen MR) is 88.2 cm³/mol. The average molecular weight is 354 g/mol. The van der Waals surface area contributed by atoms with Crippen molar-refractivity contribution in [2.75, 3.05) is 11.5 Å². The Morgan fingerprint density at radius 3 is 2.83 bits per heavy atom. The molecule has 0 aliphatic carbocycles. The Bertz CT molecular complexity index is 861. The number of amides is 1. The number of rotatable bonds is 3. The lowest BCUT2D eigenvalue weighted by atomic mass is 10.1. The van der Waals surface area contributed by atoms with E-state index in [1.165, 1.54) is 4.68 Å². The van der Waals surface area contributed by atoms with Crippen LogP contribution in [0.2, 0.25) is 5.02 Å². The van der Waals surface area contributed by atoms with Crippen molar-refractivity contribution in [3.63, 3.8) is 0 Å². The summed E-state index contributed by atoms with van der Waals surface area (Å²) in [6.45, 7) is 0. The summed E-state index contributed by atoms with van der Waals surface area (Å²) in [7, 11) is -1.35. The van der Waals surface area contributed by atoms with Crippen molar-refractivity contribution >= 4 is 27.3 Å².